The molecule has 0 fully saturated rings. The Balaban J connectivity index is 2.20. The standard InChI is InChI=1S/C18H8BrF4N3O2/c19-9-7-24-18(25-8-9)26(16(27)14-10(20)3-1-4-11(14)21)17(28)15-12(22)5-2-6-13(15)23/h1-8H. The lowest BCUT2D eigenvalue weighted by atomic mass is 10.1. The molecule has 3 aromatic rings. The molecule has 0 aliphatic carbocycles. The number of carbonyl (C=O) groups excluding carboxylic acids is 2. The van der Waals surface area contributed by atoms with Gasteiger partial charge in [-0.2, -0.15) is 0 Å². The van der Waals surface area contributed by atoms with Crippen LogP contribution in [-0.4, -0.2) is 21.8 Å². The topological polar surface area (TPSA) is 63.2 Å². The molecule has 0 spiro atoms. The van der Waals surface area contributed by atoms with Crippen molar-refractivity contribution in [3.63, 3.8) is 0 Å². The SMILES string of the molecule is O=C(c1c(F)cccc1F)N(C(=O)c1c(F)cccc1F)c1ncc(Br)cn1. The number of benzene rings is 2. The molecular weight excluding hydrogens is 446 g/mol. The van der Waals surface area contributed by atoms with Gasteiger partial charge in [0.2, 0.25) is 5.95 Å². The summed E-state index contributed by atoms with van der Waals surface area (Å²) in [5, 5.41) is 0. The van der Waals surface area contributed by atoms with Crippen molar-refractivity contribution < 1.29 is 27.2 Å². The molecule has 10 heteroatoms. The van der Waals surface area contributed by atoms with E-state index in [9.17, 15) is 27.2 Å². The lowest BCUT2D eigenvalue weighted by Crippen LogP contribution is -2.40. The minimum Gasteiger partial charge on any atom is -0.268 e. The maximum Gasteiger partial charge on any atom is 0.273 e. The number of rotatable bonds is 3. The monoisotopic (exact) mass is 453 g/mol. The van der Waals surface area contributed by atoms with Crippen molar-refractivity contribution in [3.8, 4) is 0 Å². The molecule has 0 N–H and O–H groups in total. The molecule has 0 atom stereocenters. The van der Waals surface area contributed by atoms with Crippen LogP contribution in [0.15, 0.2) is 53.3 Å². The predicted octanol–water partition coefficient (Wildman–Crippen LogP) is 4.28. The molecule has 1 aromatic heterocycles. The first-order valence-electron chi connectivity index (χ1n) is 7.55. The number of imide groups is 1. The highest BCUT2D eigenvalue weighted by Gasteiger charge is 2.34. The Morgan fingerprint density at radius 2 is 1.11 bits per heavy atom. The summed E-state index contributed by atoms with van der Waals surface area (Å²) >= 11 is 3.05. The van der Waals surface area contributed by atoms with Gasteiger partial charge in [-0.3, -0.25) is 9.59 Å². The zero-order valence-corrected chi connectivity index (χ0v) is 15.3. The number of carbonyl (C=O) groups is 2. The van der Waals surface area contributed by atoms with Gasteiger partial charge in [-0.25, -0.2) is 32.4 Å². The van der Waals surface area contributed by atoms with Gasteiger partial charge in [0.25, 0.3) is 11.8 Å². The van der Waals surface area contributed by atoms with Crippen LogP contribution in [0.4, 0.5) is 23.5 Å². The van der Waals surface area contributed by atoms with Gasteiger partial charge in [-0.05, 0) is 40.2 Å². The average molecular weight is 454 g/mol. The van der Waals surface area contributed by atoms with E-state index >= 15 is 0 Å². The summed E-state index contributed by atoms with van der Waals surface area (Å²) in [6, 6.07) is 5.22. The van der Waals surface area contributed by atoms with Crippen LogP contribution in [0.2, 0.25) is 0 Å². The summed E-state index contributed by atoms with van der Waals surface area (Å²) in [4.78, 5) is 33.2. The molecule has 0 bridgehead atoms. The molecule has 5 nitrogen and oxygen atoms in total. The second-order valence-corrected chi connectivity index (χ2v) is 6.26. The Labute approximate surface area is 163 Å². The third-order valence-corrected chi connectivity index (χ3v) is 3.98. The van der Waals surface area contributed by atoms with E-state index in [0.29, 0.717) is 4.47 Å². The van der Waals surface area contributed by atoms with Crippen molar-refractivity contribution in [1.29, 1.82) is 0 Å². The van der Waals surface area contributed by atoms with E-state index in [4.69, 9.17) is 0 Å². The molecule has 2 aromatic carbocycles. The van der Waals surface area contributed by atoms with Crippen LogP contribution in [0.3, 0.4) is 0 Å². The number of amides is 2. The van der Waals surface area contributed by atoms with Gasteiger partial charge in [-0.15, -0.1) is 0 Å². The summed E-state index contributed by atoms with van der Waals surface area (Å²) in [5.74, 6) is -8.75. The average Bonchev–Trinajstić information content (AvgIpc) is 2.63. The molecule has 28 heavy (non-hydrogen) atoms. The number of hydrogen-bond acceptors (Lipinski definition) is 4. The Bertz CT molecular complexity index is 973. The van der Waals surface area contributed by atoms with Crippen LogP contribution in [0.1, 0.15) is 20.7 Å². The first-order chi connectivity index (χ1) is 13.3. The van der Waals surface area contributed by atoms with E-state index in [1.165, 1.54) is 0 Å². The first kappa shape index (κ1) is 19.6. The molecular formula is C18H8BrF4N3O2. The summed E-state index contributed by atoms with van der Waals surface area (Å²) in [5.41, 5.74) is -2.20. The fraction of sp³-hybridized carbons (Fsp3) is 0. The van der Waals surface area contributed by atoms with Gasteiger partial charge in [0.1, 0.15) is 34.4 Å². The highest BCUT2D eigenvalue weighted by Crippen LogP contribution is 2.23. The van der Waals surface area contributed by atoms with Gasteiger partial charge in [0.05, 0.1) is 4.47 Å². The summed E-state index contributed by atoms with van der Waals surface area (Å²) < 4.78 is 56.6. The minimum absolute atomic E-state index is 0.107. The highest BCUT2D eigenvalue weighted by molar-refractivity contribution is 9.10. The lowest BCUT2D eigenvalue weighted by Gasteiger charge is -2.20. The summed E-state index contributed by atoms with van der Waals surface area (Å²) in [7, 11) is 0. The van der Waals surface area contributed by atoms with Gasteiger partial charge in [-0.1, -0.05) is 12.1 Å². The largest absolute Gasteiger partial charge is 0.273 e. The predicted molar refractivity (Wildman–Crippen MR) is 93.6 cm³/mol. The third-order valence-electron chi connectivity index (χ3n) is 3.57. The van der Waals surface area contributed by atoms with E-state index in [2.05, 4.69) is 25.9 Å². The fourth-order valence-corrected chi connectivity index (χ4v) is 2.53. The fourth-order valence-electron chi connectivity index (χ4n) is 2.32. The van der Waals surface area contributed by atoms with Crippen molar-refractivity contribution in [2.45, 2.75) is 0 Å². The molecule has 0 aliphatic heterocycles. The quantitative estimate of drug-likeness (QED) is 0.438. The van der Waals surface area contributed by atoms with Crippen LogP contribution in [0.5, 0.6) is 0 Å². The number of hydrogen-bond donors (Lipinski definition) is 0. The molecule has 0 radical (unpaired) electrons. The first-order valence-corrected chi connectivity index (χ1v) is 8.35. The normalized spacial score (nSPS) is 10.6. The van der Waals surface area contributed by atoms with E-state index in [-0.39, 0.29) is 4.90 Å². The Morgan fingerprint density at radius 1 is 0.750 bits per heavy atom. The van der Waals surface area contributed by atoms with Crippen molar-refractivity contribution in [3.05, 3.63) is 87.7 Å². The second-order valence-electron chi connectivity index (χ2n) is 5.34. The molecule has 0 unspecified atom stereocenters. The Morgan fingerprint density at radius 3 is 1.46 bits per heavy atom. The third kappa shape index (κ3) is 3.63. The lowest BCUT2D eigenvalue weighted by molar-refractivity contribution is 0.0886. The maximum absolute atomic E-state index is 14.1. The molecule has 0 saturated carbocycles. The number of halogens is 5. The van der Waals surface area contributed by atoms with Crippen molar-refractivity contribution >= 4 is 33.7 Å². The minimum atomic E-state index is -1.52. The van der Waals surface area contributed by atoms with Gasteiger partial charge >= 0.3 is 0 Å². The van der Waals surface area contributed by atoms with Gasteiger partial charge in [0, 0.05) is 12.4 Å². The van der Waals surface area contributed by atoms with Crippen LogP contribution < -0.4 is 4.90 Å². The molecule has 0 aliphatic rings. The van der Waals surface area contributed by atoms with E-state index in [1.54, 1.807) is 0 Å². The smallest absolute Gasteiger partial charge is 0.268 e. The number of aromatic nitrogens is 2. The van der Waals surface area contributed by atoms with Gasteiger partial charge in [0.15, 0.2) is 0 Å². The Kier molecular flexibility index (Phi) is 5.50. The van der Waals surface area contributed by atoms with Crippen LogP contribution in [-0.2, 0) is 0 Å². The molecule has 1 heterocycles. The number of anilines is 1. The molecule has 142 valence electrons. The Hall–Kier alpha value is -3.14. The molecule has 3 rings (SSSR count). The highest BCUT2D eigenvalue weighted by atomic mass is 79.9. The van der Waals surface area contributed by atoms with Crippen LogP contribution in [0, 0.1) is 23.3 Å². The summed E-state index contributed by atoms with van der Waals surface area (Å²) in [6.45, 7) is 0. The molecule has 0 saturated heterocycles. The van der Waals surface area contributed by atoms with Crippen LogP contribution >= 0.6 is 15.9 Å². The van der Waals surface area contributed by atoms with E-state index < -0.39 is 52.2 Å². The summed E-state index contributed by atoms with van der Waals surface area (Å²) in [6.07, 6.45) is 2.29. The van der Waals surface area contributed by atoms with Crippen molar-refractivity contribution in [2.75, 3.05) is 4.90 Å². The molecule has 2 amide bonds. The van der Waals surface area contributed by atoms with E-state index in [0.717, 1.165) is 48.8 Å². The second kappa shape index (κ2) is 7.85. The van der Waals surface area contributed by atoms with Crippen molar-refractivity contribution in [2.24, 2.45) is 0 Å². The van der Waals surface area contributed by atoms with Crippen LogP contribution in [0.25, 0.3) is 0 Å². The number of nitrogens with zero attached hydrogens (tertiary/aromatic N) is 3. The van der Waals surface area contributed by atoms with Crippen molar-refractivity contribution in [1.82, 2.24) is 9.97 Å². The maximum atomic E-state index is 14.1. The van der Waals surface area contributed by atoms with Gasteiger partial charge < -0.3 is 0 Å². The zero-order valence-electron chi connectivity index (χ0n) is 13.7. The van der Waals surface area contributed by atoms with E-state index in [1.807, 2.05) is 0 Å². The zero-order chi connectivity index (χ0) is 20.4.